The minimum Gasteiger partial charge on any atom is -0.458 e. The third-order valence-electron chi connectivity index (χ3n) is 3.57. The zero-order valence-electron chi connectivity index (χ0n) is 13.5. The van der Waals surface area contributed by atoms with E-state index in [1.54, 1.807) is 0 Å². The highest BCUT2D eigenvalue weighted by Gasteiger charge is 2.47. The van der Waals surface area contributed by atoms with E-state index in [2.05, 4.69) is 15.9 Å². The van der Waals surface area contributed by atoms with Gasteiger partial charge in [0.1, 0.15) is 6.10 Å². The zero-order valence-corrected chi connectivity index (χ0v) is 15.1. The Morgan fingerprint density at radius 1 is 1.14 bits per heavy atom. The normalized spacial score (nSPS) is 31.6. The van der Waals surface area contributed by atoms with Gasteiger partial charge in [-0.15, -0.1) is 0 Å². The lowest BCUT2D eigenvalue weighted by Crippen LogP contribution is -2.57. The fourth-order valence-corrected chi connectivity index (χ4v) is 2.80. The van der Waals surface area contributed by atoms with Crippen LogP contribution in [0.15, 0.2) is 0 Å². The van der Waals surface area contributed by atoms with Gasteiger partial charge in [-0.3, -0.25) is 9.59 Å². The largest absolute Gasteiger partial charge is 0.458 e. The van der Waals surface area contributed by atoms with Crippen molar-refractivity contribution in [1.82, 2.24) is 0 Å². The topological polar surface area (TPSA) is 71.1 Å². The Morgan fingerprint density at radius 3 is 2.23 bits per heavy atom. The highest BCUT2D eigenvalue weighted by molar-refractivity contribution is 9.09. The number of halogens is 1. The summed E-state index contributed by atoms with van der Waals surface area (Å²) >= 11 is 3.33. The highest BCUT2D eigenvalue weighted by Crippen LogP contribution is 2.32. The highest BCUT2D eigenvalue weighted by atomic mass is 79.9. The minimum absolute atomic E-state index is 0.0886. The van der Waals surface area contributed by atoms with Crippen LogP contribution < -0.4 is 0 Å². The number of alkyl halides is 1. The minimum atomic E-state index is -0.755. The fourth-order valence-electron chi connectivity index (χ4n) is 2.58. The molecule has 0 aromatic carbocycles. The van der Waals surface area contributed by atoms with Gasteiger partial charge in [-0.2, -0.15) is 0 Å². The van der Waals surface area contributed by atoms with E-state index in [4.69, 9.17) is 18.9 Å². The SMILES string of the molecule is CC[C@H]1OC(OCCCBr)[C@H](OC(C)=O)[C@@H](OC(C)=O)[C@H]1C. The molecule has 1 fully saturated rings. The molecule has 1 rings (SSSR count). The average molecular weight is 381 g/mol. The van der Waals surface area contributed by atoms with E-state index in [-0.39, 0.29) is 12.0 Å². The summed E-state index contributed by atoms with van der Waals surface area (Å²) in [6.07, 6.45) is -0.622. The molecule has 128 valence electrons. The number of carbonyl (C=O) groups is 2. The lowest BCUT2D eigenvalue weighted by Gasteiger charge is -2.43. The van der Waals surface area contributed by atoms with Gasteiger partial charge in [-0.05, 0) is 12.8 Å². The predicted octanol–water partition coefficient (Wildman–Crippen LogP) is 2.42. The molecule has 6 nitrogen and oxygen atoms in total. The number of esters is 2. The van der Waals surface area contributed by atoms with E-state index in [1.165, 1.54) is 13.8 Å². The van der Waals surface area contributed by atoms with Crippen molar-refractivity contribution in [3.05, 3.63) is 0 Å². The summed E-state index contributed by atoms with van der Waals surface area (Å²) < 4.78 is 22.4. The molecule has 1 saturated heterocycles. The molecule has 0 bridgehead atoms. The van der Waals surface area contributed by atoms with Crippen LogP contribution in [-0.2, 0) is 28.5 Å². The molecule has 0 amide bonds. The first-order valence-corrected chi connectivity index (χ1v) is 8.70. The first-order valence-electron chi connectivity index (χ1n) is 7.58. The third kappa shape index (κ3) is 5.52. The predicted molar refractivity (Wildman–Crippen MR) is 83.6 cm³/mol. The Morgan fingerprint density at radius 2 is 1.73 bits per heavy atom. The standard InChI is InChI=1S/C15H25BrO6/c1-5-12-9(2)13(20-10(3)17)14(21-11(4)18)15(22-12)19-8-6-7-16/h9,12-15H,5-8H2,1-4H3/t9-,12+,13-,14+,15?/m0/s1. The summed E-state index contributed by atoms with van der Waals surface area (Å²) in [6.45, 7) is 7.04. The van der Waals surface area contributed by atoms with Crippen LogP contribution in [0.5, 0.6) is 0 Å². The first kappa shape index (κ1) is 19.4. The number of hydrogen-bond acceptors (Lipinski definition) is 6. The van der Waals surface area contributed by atoms with Crippen molar-refractivity contribution in [1.29, 1.82) is 0 Å². The van der Waals surface area contributed by atoms with Crippen molar-refractivity contribution in [3.63, 3.8) is 0 Å². The summed E-state index contributed by atoms with van der Waals surface area (Å²) in [6, 6.07) is 0. The Bertz CT molecular complexity index is 375. The lowest BCUT2D eigenvalue weighted by atomic mass is 9.89. The summed E-state index contributed by atoms with van der Waals surface area (Å²) in [5.41, 5.74) is 0. The van der Waals surface area contributed by atoms with Crippen molar-refractivity contribution in [2.24, 2.45) is 5.92 Å². The van der Waals surface area contributed by atoms with E-state index >= 15 is 0 Å². The second kappa shape index (κ2) is 9.47. The Labute approximate surface area is 139 Å². The summed E-state index contributed by atoms with van der Waals surface area (Å²) in [5.74, 6) is -0.957. The average Bonchev–Trinajstić information content (AvgIpc) is 2.44. The molecule has 1 heterocycles. The second-order valence-electron chi connectivity index (χ2n) is 5.37. The second-order valence-corrected chi connectivity index (χ2v) is 6.16. The molecule has 0 radical (unpaired) electrons. The Balaban J connectivity index is 2.93. The smallest absolute Gasteiger partial charge is 0.303 e. The molecule has 0 aromatic heterocycles. The molecule has 5 atom stereocenters. The van der Waals surface area contributed by atoms with Crippen LogP contribution in [0.3, 0.4) is 0 Å². The van der Waals surface area contributed by atoms with Crippen molar-refractivity contribution in [2.45, 2.75) is 65.1 Å². The van der Waals surface area contributed by atoms with Crippen LogP contribution in [0.25, 0.3) is 0 Å². The van der Waals surface area contributed by atoms with Crippen LogP contribution in [0, 0.1) is 5.92 Å². The van der Waals surface area contributed by atoms with E-state index in [1.807, 2.05) is 13.8 Å². The molecule has 0 saturated carbocycles. The van der Waals surface area contributed by atoms with Gasteiger partial charge in [-0.1, -0.05) is 29.8 Å². The maximum absolute atomic E-state index is 11.4. The third-order valence-corrected chi connectivity index (χ3v) is 4.13. The first-order chi connectivity index (χ1) is 10.4. The number of carbonyl (C=O) groups excluding carboxylic acids is 2. The van der Waals surface area contributed by atoms with Crippen LogP contribution >= 0.6 is 15.9 Å². The molecule has 7 heteroatoms. The Kier molecular flexibility index (Phi) is 8.35. The van der Waals surface area contributed by atoms with Gasteiger partial charge in [0.25, 0.3) is 0 Å². The maximum atomic E-state index is 11.4. The molecular weight excluding hydrogens is 356 g/mol. The molecular formula is C15H25BrO6. The van der Waals surface area contributed by atoms with Gasteiger partial charge in [0.2, 0.25) is 0 Å². The quantitative estimate of drug-likeness (QED) is 0.383. The molecule has 0 spiro atoms. The van der Waals surface area contributed by atoms with Crippen molar-refractivity contribution >= 4 is 27.9 Å². The Hall–Kier alpha value is -0.660. The van der Waals surface area contributed by atoms with E-state index in [9.17, 15) is 9.59 Å². The summed E-state index contributed by atoms with van der Waals surface area (Å²) in [7, 11) is 0. The molecule has 1 aliphatic heterocycles. The van der Waals surface area contributed by atoms with Gasteiger partial charge in [0.05, 0.1) is 12.7 Å². The molecule has 0 aromatic rings. The van der Waals surface area contributed by atoms with Crippen LogP contribution in [0.2, 0.25) is 0 Å². The molecule has 22 heavy (non-hydrogen) atoms. The van der Waals surface area contributed by atoms with Gasteiger partial charge in [0.15, 0.2) is 12.4 Å². The van der Waals surface area contributed by atoms with Gasteiger partial charge in [0, 0.05) is 25.1 Å². The van der Waals surface area contributed by atoms with Crippen LogP contribution in [-0.4, -0.2) is 48.5 Å². The molecule has 0 aliphatic carbocycles. The van der Waals surface area contributed by atoms with Crippen molar-refractivity contribution in [2.75, 3.05) is 11.9 Å². The van der Waals surface area contributed by atoms with Crippen LogP contribution in [0.4, 0.5) is 0 Å². The zero-order chi connectivity index (χ0) is 16.7. The number of rotatable bonds is 7. The van der Waals surface area contributed by atoms with E-state index in [0.717, 1.165) is 18.2 Å². The fraction of sp³-hybridized carbons (Fsp3) is 0.867. The lowest BCUT2D eigenvalue weighted by molar-refractivity contribution is -0.290. The van der Waals surface area contributed by atoms with Crippen LogP contribution in [0.1, 0.15) is 40.5 Å². The maximum Gasteiger partial charge on any atom is 0.303 e. The van der Waals surface area contributed by atoms with E-state index < -0.39 is 30.4 Å². The summed E-state index contributed by atoms with van der Waals surface area (Å²) in [4.78, 5) is 22.8. The monoisotopic (exact) mass is 380 g/mol. The van der Waals surface area contributed by atoms with E-state index in [0.29, 0.717) is 6.61 Å². The van der Waals surface area contributed by atoms with Gasteiger partial charge < -0.3 is 18.9 Å². The van der Waals surface area contributed by atoms with Gasteiger partial charge >= 0.3 is 11.9 Å². The van der Waals surface area contributed by atoms with Crippen molar-refractivity contribution in [3.8, 4) is 0 Å². The molecule has 0 N–H and O–H groups in total. The summed E-state index contributed by atoms with van der Waals surface area (Å²) in [5, 5.41) is 0.804. The molecule has 1 aliphatic rings. The van der Waals surface area contributed by atoms with Gasteiger partial charge in [-0.25, -0.2) is 0 Å². The number of ether oxygens (including phenoxy) is 4. The molecule has 1 unspecified atom stereocenters. The number of hydrogen-bond donors (Lipinski definition) is 0. The van der Waals surface area contributed by atoms with Crippen molar-refractivity contribution < 1.29 is 28.5 Å².